The van der Waals surface area contributed by atoms with Crippen molar-refractivity contribution in [3.05, 3.63) is 63.8 Å². The van der Waals surface area contributed by atoms with E-state index in [4.69, 9.17) is 4.74 Å². The molecule has 0 bridgehead atoms. The Kier molecular flexibility index (Phi) is 4.26. The molecule has 0 amide bonds. The number of halogens is 2. The lowest BCUT2D eigenvalue weighted by Gasteiger charge is -2.33. The number of carbonyl (C=O) groups is 1. The van der Waals surface area contributed by atoms with E-state index in [2.05, 4.69) is 0 Å². The standard InChI is InChI=1S/C20H15F2NO3S/c1-3-26-20(25)15-18(24)12-9-13(21)14(11-7-5-4-6-8-11)16(22)17(12)23-10(2)27-19(15)23/h4-10H,3H2,1-2H3. The van der Waals surface area contributed by atoms with Gasteiger partial charge in [0.25, 0.3) is 0 Å². The van der Waals surface area contributed by atoms with E-state index in [1.54, 1.807) is 41.8 Å². The largest absolute Gasteiger partial charge is 0.462 e. The number of nitrogens with zero attached hydrogens (tertiary/aromatic N) is 1. The molecule has 2 aromatic carbocycles. The normalized spacial score (nSPS) is 15.3. The Bertz CT molecular complexity index is 1140. The Labute approximate surface area is 157 Å². The molecule has 0 N–H and O–H groups in total. The molecule has 1 atom stereocenters. The second kappa shape index (κ2) is 6.49. The minimum atomic E-state index is -0.849. The Balaban J connectivity index is 2.10. The first-order valence-electron chi connectivity index (χ1n) is 8.45. The van der Waals surface area contributed by atoms with Gasteiger partial charge in [0.05, 0.1) is 33.5 Å². The molecule has 1 unspecified atom stereocenters. The van der Waals surface area contributed by atoms with E-state index in [1.807, 2.05) is 6.92 Å². The number of ether oxygens (including phenoxy) is 1. The highest BCUT2D eigenvalue weighted by Gasteiger charge is 2.35. The number of fused-ring (bicyclic) bond motifs is 3. The first-order chi connectivity index (χ1) is 13.0. The van der Waals surface area contributed by atoms with Crippen molar-refractivity contribution < 1.29 is 18.3 Å². The summed E-state index contributed by atoms with van der Waals surface area (Å²) in [5.74, 6) is -2.43. The van der Waals surface area contributed by atoms with Crippen molar-refractivity contribution in [3.63, 3.8) is 0 Å². The average Bonchev–Trinajstić information content (AvgIpc) is 2.63. The molecule has 0 radical (unpaired) electrons. The van der Waals surface area contributed by atoms with Crippen LogP contribution >= 0.6 is 11.8 Å². The van der Waals surface area contributed by atoms with Crippen molar-refractivity contribution in [3.8, 4) is 11.1 Å². The molecule has 1 aliphatic heterocycles. The fourth-order valence-corrected chi connectivity index (χ4v) is 4.49. The summed E-state index contributed by atoms with van der Waals surface area (Å²) >= 11 is 1.28. The Hall–Kier alpha value is -2.67. The van der Waals surface area contributed by atoms with Gasteiger partial charge in [-0.1, -0.05) is 42.1 Å². The van der Waals surface area contributed by atoms with Crippen LogP contribution in [0.25, 0.3) is 22.0 Å². The summed E-state index contributed by atoms with van der Waals surface area (Å²) in [6.07, 6.45) is 0. The lowest BCUT2D eigenvalue weighted by molar-refractivity contribution is 0.0518. The minimum absolute atomic E-state index is 0.00884. The topological polar surface area (TPSA) is 48.3 Å². The number of aromatic nitrogens is 1. The van der Waals surface area contributed by atoms with Crippen LogP contribution in [0.1, 0.15) is 29.6 Å². The van der Waals surface area contributed by atoms with Gasteiger partial charge in [-0.2, -0.15) is 0 Å². The van der Waals surface area contributed by atoms with Gasteiger partial charge in [-0.15, -0.1) is 0 Å². The van der Waals surface area contributed by atoms with Crippen LogP contribution in [0, 0.1) is 11.6 Å². The quantitative estimate of drug-likeness (QED) is 0.609. The van der Waals surface area contributed by atoms with Crippen LogP contribution in [-0.2, 0) is 4.74 Å². The van der Waals surface area contributed by atoms with Crippen molar-refractivity contribution in [1.82, 2.24) is 4.57 Å². The first-order valence-corrected chi connectivity index (χ1v) is 9.33. The van der Waals surface area contributed by atoms with Crippen LogP contribution in [0.5, 0.6) is 0 Å². The third-order valence-corrected chi connectivity index (χ3v) is 5.70. The smallest absolute Gasteiger partial charge is 0.344 e. The van der Waals surface area contributed by atoms with E-state index in [0.717, 1.165) is 6.07 Å². The molecule has 3 aromatic rings. The summed E-state index contributed by atoms with van der Waals surface area (Å²) in [4.78, 5) is 25.1. The van der Waals surface area contributed by atoms with E-state index < -0.39 is 23.0 Å². The van der Waals surface area contributed by atoms with Gasteiger partial charge in [-0.05, 0) is 25.5 Å². The summed E-state index contributed by atoms with van der Waals surface area (Å²) in [5, 5.41) is -0.00790. The molecule has 4 rings (SSSR count). The molecule has 0 fully saturated rings. The maximum atomic E-state index is 15.4. The van der Waals surface area contributed by atoms with Crippen LogP contribution in [0.2, 0.25) is 0 Å². The van der Waals surface area contributed by atoms with Crippen molar-refractivity contribution in [2.24, 2.45) is 0 Å². The highest BCUT2D eigenvalue weighted by Crippen LogP contribution is 2.47. The SMILES string of the molecule is CCOC(=O)c1c2n(c3c(F)c(-c4ccccc4)c(F)cc3c1=O)C(C)S2. The molecule has 0 saturated carbocycles. The molecule has 0 aliphatic carbocycles. The van der Waals surface area contributed by atoms with Gasteiger partial charge in [0, 0.05) is 0 Å². The molecule has 2 heterocycles. The predicted octanol–water partition coefficient (Wildman–Crippen LogP) is 4.75. The Morgan fingerprint density at radius 1 is 1.26 bits per heavy atom. The third kappa shape index (κ3) is 2.56. The van der Waals surface area contributed by atoms with Gasteiger partial charge < -0.3 is 9.30 Å². The summed E-state index contributed by atoms with van der Waals surface area (Å²) in [6, 6.07) is 9.34. The number of esters is 1. The molecule has 1 aromatic heterocycles. The van der Waals surface area contributed by atoms with Gasteiger partial charge in [0.2, 0.25) is 5.43 Å². The van der Waals surface area contributed by atoms with Gasteiger partial charge in [0.15, 0.2) is 5.82 Å². The van der Waals surface area contributed by atoms with Gasteiger partial charge >= 0.3 is 5.97 Å². The van der Waals surface area contributed by atoms with Crippen LogP contribution in [0.15, 0.2) is 46.2 Å². The number of hydrogen-bond acceptors (Lipinski definition) is 4. The van der Waals surface area contributed by atoms with Crippen LogP contribution < -0.4 is 5.43 Å². The molecule has 1 aliphatic rings. The zero-order valence-corrected chi connectivity index (χ0v) is 15.4. The zero-order chi connectivity index (χ0) is 19.3. The third-order valence-electron chi connectivity index (χ3n) is 4.53. The Morgan fingerprint density at radius 3 is 2.59 bits per heavy atom. The van der Waals surface area contributed by atoms with E-state index in [1.165, 1.54) is 11.8 Å². The van der Waals surface area contributed by atoms with Crippen LogP contribution in [-0.4, -0.2) is 17.1 Å². The van der Waals surface area contributed by atoms with Crippen molar-refractivity contribution in [2.75, 3.05) is 6.61 Å². The monoisotopic (exact) mass is 387 g/mol. The maximum absolute atomic E-state index is 15.4. The van der Waals surface area contributed by atoms with E-state index in [-0.39, 0.29) is 34.0 Å². The number of carbonyl (C=O) groups excluding carboxylic acids is 1. The molecule has 0 saturated heterocycles. The average molecular weight is 387 g/mol. The summed E-state index contributed by atoms with van der Waals surface area (Å²) in [6.45, 7) is 3.55. The van der Waals surface area contributed by atoms with E-state index in [0.29, 0.717) is 10.6 Å². The summed E-state index contributed by atoms with van der Waals surface area (Å²) < 4.78 is 36.7. The van der Waals surface area contributed by atoms with E-state index in [9.17, 15) is 14.0 Å². The summed E-state index contributed by atoms with van der Waals surface area (Å²) in [5.41, 5.74) is -0.685. The molecular formula is C20H15F2NO3S. The molecule has 0 spiro atoms. The van der Waals surface area contributed by atoms with Gasteiger partial charge in [-0.3, -0.25) is 4.79 Å². The second-order valence-corrected chi connectivity index (χ2v) is 7.43. The minimum Gasteiger partial charge on any atom is -0.462 e. The highest BCUT2D eigenvalue weighted by atomic mass is 32.2. The predicted molar refractivity (Wildman–Crippen MR) is 100 cm³/mol. The fraction of sp³-hybridized carbons (Fsp3) is 0.200. The second-order valence-electron chi connectivity index (χ2n) is 6.13. The number of hydrogen-bond donors (Lipinski definition) is 0. The molecule has 27 heavy (non-hydrogen) atoms. The summed E-state index contributed by atoms with van der Waals surface area (Å²) in [7, 11) is 0. The number of rotatable bonds is 3. The number of pyridine rings is 1. The van der Waals surface area contributed by atoms with E-state index >= 15 is 4.39 Å². The lowest BCUT2D eigenvalue weighted by atomic mass is 10.0. The number of thioether (sulfide) groups is 1. The zero-order valence-electron chi connectivity index (χ0n) is 14.6. The Morgan fingerprint density at radius 2 is 1.96 bits per heavy atom. The van der Waals surface area contributed by atoms with Crippen LogP contribution in [0.3, 0.4) is 0 Å². The van der Waals surface area contributed by atoms with Crippen molar-refractivity contribution in [1.29, 1.82) is 0 Å². The lowest BCUT2D eigenvalue weighted by Crippen LogP contribution is -2.29. The van der Waals surface area contributed by atoms with Crippen LogP contribution in [0.4, 0.5) is 8.78 Å². The molecule has 4 nitrogen and oxygen atoms in total. The maximum Gasteiger partial charge on any atom is 0.344 e. The van der Waals surface area contributed by atoms with Gasteiger partial charge in [-0.25, -0.2) is 13.6 Å². The highest BCUT2D eigenvalue weighted by molar-refractivity contribution is 8.00. The number of benzene rings is 2. The molecule has 7 heteroatoms. The first kappa shape index (κ1) is 17.7. The van der Waals surface area contributed by atoms with Crippen molar-refractivity contribution >= 4 is 28.6 Å². The van der Waals surface area contributed by atoms with Crippen molar-refractivity contribution in [2.45, 2.75) is 24.2 Å². The van der Waals surface area contributed by atoms with Gasteiger partial charge in [0.1, 0.15) is 11.4 Å². The molecular weight excluding hydrogens is 372 g/mol. The fourth-order valence-electron chi connectivity index (χ4n) is 3.35. The molecule has 138 valence electrons.